The second-order valence-electron chi connectivity index (χ2n) is 6.88. The lowest BCUT2D eigenvalue weighted by Gasteiger charge is -2.21. The highest BCUT2D eigenvalue weighted by atomic mass is 32.2. The van der Waals surface area contributed by atoms with Gasteiger partial charge in [0.05, 0.1) is 22.3 Å². The van der Waals surface area contributed by atoms with E-state index in [4.69, 9.17) is 0 Å². The fourth-order valence-electron chi connectivity index (χ4n) is 3.32. The molecule has 1 unspecified atom stereocenters. The minimum atomic E-state index is -3.62. The number of anilines is 1. The quantitative estimate of drug-likeness (QED) is 0.640. The van der Waals surface area contributed by atoms with Crippen LogP contribution in [0.4, 0.5) is 5.69 Å². The van der Waals surface area contributed by atoms with Gasteiger partial charge in [0.2, 0.25) is 15.9 Å². The van der Waals surface area contributed by atoms with Crippen LogP contribution in [-0.4, -0.2) is 41.3 Å². The van der Waals surface area contributed by atoms with E-state index in [0.29, 0.717) is 24.3 Å². The van der Waals surface area contributed by atoms with Gasteiger partial charge in [0.25, 0.3) is 0 Å². The Morgan fingerprint density at radius 3 is 2.55 bits per heavy atom. The standard InChI is InChI=1S/C21H26N4O3S/c1-5-24(6-2)29(27,28)20-13-17(12-11-15(20)3)23-21(26)16(4)25-14-22-18-9-7-8-10-19(18)25/h7-14,16H,5-6H2,1-4H3,(H,23,26). The number of nitrogens with one attached hydrogen (secondary N) is 1. The molecule has 3 rings (SSSR count). The number of aromatic nitrogens is 2. The maximum atomic E-state index is 12.9. The lowest BCUT2D eigenvalue weighted by molar-refractivity contribution is -0.118. The number of hydrogen-bond donors (Lipinski definition) is 1. The number of benzene rings is 2. The molecule has 0 aliphatic rings. The summed E-state index contributed by atoms with van der Waals surface area (Å²) in [4.78, 5) is 17.4. The van der Waals surface area contributed by atoms with Gasteiger partial charge in [-0.3, -0.25) is 4.79 Å². The van der Waals surface area contributed by atoms with Crippen LogP contribution in [0.5, 0.6) is 0 Å². The average Bonchev–Trinajstić information content (AvgIpc) is 3.13. The number of carbonyl (C=O) groups excluding carboxylic acids is 1. The lowest BCUT2D eigenvalue weighted by atomic mass is 10.2. The van der Waals surface area contributed by atoms with Crippen LogP contribution < -0.4 is 5.32 Å². The number of aryl methyl sites for hydroxylation is 1. The monoisotopic (exact) mass is 414 g/mol. The number of hydrogen-bond acceptors (Lipinski definition) is 4. The van der Waals surface area contributed by atoms with E-state index in [2.05, 4.69) is 10.3 Å². The molecule has 8 heteroatoms. The summed E-state index contributed by atoms with van der Waals surface area (Å²) in [5, 5.41) is 2.84. The highest BCUT2D eigenvalue weighted by molar-refractivity contribution is 7.89. The molecule has 7 nitrogen and oxygen atoms in total. The molecular weight excluding hydrogens is 388 g/mol. The molecule has 1 atom stereocenters. The van der Waals surface area contributed by atoms with Crippen molar-refractivity contribution in [1.82, 2.24) is 13.9 Å². The van der Waals surface area contributed by atoms with Crippen molar-refractivity contribution in [1.29, 1.82) is 0 Å². The number of nitrogens with zero attached hydrogens (tertiary/aromatic N) is 3. The Morgan fingerprint density at radius 1 is 1.17 bits per heavy atom. The van der Waals surface area contributed by atoms with Crippen LogP contribution in [0.1, 0.15) is 32.4 Å². The Morgan fingerprint density at radius 2 is 1.86 bits per heavy atom. The number of amides is 1. The minimum Gasteiger partial charge on any atom is -0.324 e. The van der Waals surface area contributed by atoms with Gasteiger partial charge in [0.15, 0.2) is 0 Å². The first kappa shape index (κ1) is 21.0. The lowest BCUT2D eigenvalue weighted by Crippen LogP contribution is -2.31. The molecule has 0 fully saturated rings. The maximum Gasteiger partial charge on any atom is 0.247 e. The van der Waals surface area contributed by atoms with Crippen molar-refractivity contribution in [2.75, 3.05) is 18.4 Å². The first-order valence-electron chi connectivity index (χ1n) is 9.62. The first-order chi connectivity index (χ1) is 13.8. The van der Waals surface area contributed by atoms with Crippen molar-refractivity contribution in [3.8, 4) is 0 Å². The molecule has 0 spiro atoms. The Kier molecular flexibility index (Phi) is 6.04. The predicted octanol–water partition coefficient (Wildman–Crippen LogP) is 3.57. The van der Waals surface area contributed by atoms with Gasteiger partial charge in [0, 0.05) is 18.8 Å². The zero-order valence-corrected chi connectivity index (χ0v) is 17.9. The zero-order chi connectivity index (χ0) is 21.2. The fourth-order valence-corrected chi connectivity index (χ4v) is 5.03. The van der Waals surface area contributed by atoms with E-state index in [9.17, 15) is 13.2 Å². The second kappa shape index (κ2) is 8.34. The van der Waals surface area contributed by atoms with E-state index < -0.39 is 16.1 Å². The minimum absolute atomic E-state index is 0.208. The normalized spacial score (nSPS) is 13.0. The third kappa shape index (κ3) is 4.04. The molecule has 154 valence electrons. The van der Waals surface area contributed by atoms with Gasteiger partial charge < -0.3 is 9.88 Å². The molecule has 1 aromatic heterocycles. The zero-order valence-electron chi connectivity index (χ0n) is 17.1. The third-order valence-electron chi connectivity index (χ3n) is 5.06. The van der Waals surface area contributed by atoms with Gasteiger partial charge in [0.1, 0.15) is 6.04 Å². The van der Waals surface area contributed by atoms with Crippen LogP contribution in [-0.2, 0) is 14.8 Å². The number of imidazole rings is 1. The Bertz CT molecular complexity index is 1130. The topological polar surface area (TPSA) is 84.3 Å². The fraction of sp³-hybridized carbons (Fsp3) is 0.333. The van der Waals surface area contributed by atoms with Gasteiger partial charge in [-0.05, 0) is 43.7 Å². The Labute approximate surface area is 171 Å². The molecule has 3 aromatic rings. The average molecular weight is 415 g/mol. The molecule has 0 aliphatic carbocycles. The van der Waals surface area contributed by atoms with Crippen LogP contribution >= 0.6 is 0 Å². The van der Waals surface area contributed by atoms with Gasteiger partial charge >= 0.3 is 0 Å². The summed E-state index contributed by atoms with van der Waals surface area (Å²) in [6, 6.07) is 12.0. The molecular formula is C21H26N4O3S. The summed E-state index contributed by atoms with van der Waals surface area (Å²) in [5.74, 6) is -0.247. The van der Waals surface area contributed by atoms with Gasteiger partial charge in [-0.2, -0.15) is 4.31 Å². The molecule has 29 heavy (non-hydrogen) atoms. The molecule has 0 bridgehead atoms. The Hall–Kier alpha value is -2.71. The highest BCUT2D eigenvalue weighted by Crippen LogP contribution is 2.25. The molecule has 1 N–H and O–H groups in total. The molecule has 1 amide bonds. The summed E-state index contributed by atoms with van der Waals surface area (Å²) in [6.07, 6.45) is 1.64. The third-order valence-corrected chi connectivity index (χ3v) is 7.25. The first-order valence-corrected chi connectivity index (χ1v) is 11.1. The van der Waals surface area contributed by atoms with Crippen LogP contribution in [0.2, 0.25) is 0 Å². The van der Waals surface area contributed by atoms with Gasteiger partial charge in [-0.15, -0.1) is 0 Å². The predicted molar refractivity (Wildman–Crippen MR) is 114 cm³/mol. The maximum absolute atomic E-state index is 12.9. The van der Waals surface area contributed by atoms with E-state index in [1.165, 1.54) is 10.4 Å². The van der Waals surface area contributed by atoms with Gasteiger partial charge in [-0.25, -0.2) is 13.4 Å². The molecule has 2 aromatic carbocycles. The molecule has 0 radical (unpaired) electrons. The summed E-state index contributed by atoms with van der Waals surface area (Å²) in [7, 11) is -3.62. The van der Waals surface area contributed by atoms with Crippen LogP contribution in [0, 0.1) is 6.92 Å². The molecule has 0 saturated carbocycles. The summed E-state index contributed by atoms with van der Waals surface area (Å²) in [6.45, 7) is 7.92. The van der Waals surface area contributed by atoms with Crippen molar-refractivity contribution in [2.24, 2.45) is 0 Å². The SMILES string of the molecule is CCN(CC)S(=O)(=O)c1cc(NC(=O)C(C)n2cnc3ccccc32)ccc1C. The van der Waals surface area contributed by atoms with E-state index in [1.54, 1.807) is 50.7 Å². The molecule has 0 aliphatic heterocycles. The van der Waals surface area contributed by atoms with Crippen molar-refractivity contribution in [3.05, 3.63) is 54.4 Å². The van der Waals surface area contributed by atoms with E-state index in [0.717, 1.165) is 11.0 Å². The van der Waals surface area contributed by atoms with E-state index >= 15 is 0 Å². The summed E-state index contributed by atoms with van der Waals surface area (Å²) in [5.41, 5.74) is 2.77. The highest BCUT2D eigenvalue weighted by Gasteiger charge is 2.24. The summed E-state index contributed by atoms with van der Waals surface area (Å²) >= 11 is 0. The summed E-state index contributed by atoms with van der Waals surface area (Å²) < 4.78 is 29.0. The van der Waals surface area contributed by atoms with Gasteiger partial charge in [-0.1, -0.05) is 32.0 Å². The molecule has 1 heterocycles. The van der Waals surface area contributed by atoms with Crippen molar-refractivity contribution in [2.45, 2.75) is 38.6 Å². The van der Waals surface area contributed by atoms with Crippen molar-refractivity contribution < 1.29 is 13.2 Å². The van der Waals surface area contributed by atoms with Crippen LogP contribution in [0.15, 0.2) is 53.7 Å². The Balaban J connectivity index is 1.88. The number of para-hydroxylation sites is 2. The van der Waals surface area contributed by atoms with Crippen molar-refractivity contribution in [3.63, 3.8) is 0 Å². The number of sulfonamides is 1. The number of carbonyl (C=O) groups is 1. The van der Waals surface area contributed by atoms with Crippen molar-refractivity contribution >= 4 is 32.7 Å². The smallest absolute Gasteiger partial charge is 0.247 e. The van der Waals surface area contributed by atoms with E-state index in [-0.39, 0.29) is 10.8 Å². The number of fused-ring (bicyclic) bond motifs is 1. The number of rotatable bonds is 7. The van der Waals surface area contributed by atoms with Crippen LogP contribution in [0.3, 0.4) is 0 Å². The second-order valence-corrected chi connectivity index (χ2v) is 8.78. The van der Waals surface area contributed by atoms with Crippen LogP contribution in [0.25, 0.3) is 11.0 Å². The molecule has 0 saturated heterocycles. The largest absolute Gasteiger partial charge is 0.324 e. The van der Waals surface area contributed by atoms with E-state index in [1.807, 2.05) is 24.3 Å².